The zero-order valence-corrected chi connectivity index (χ0v) is 19.9. The molecule has 0 aliphatic rings. The van der Waals surface area contributed by atoms with Crippen LogP contribution in [0.15, 0.2) is 24.3 Å². The molecule has 0 N–H and O–H groups in total. The minimum absolute atomic E-state index is 0.0284. The number of hydrogen-bond donors (Lipinski definition) is 0. The quantitative estimate of drug-likeness (QED) is 0.0613. The lowest BCUT2D eigenvalue weighted by Crippen LogP contribution is -2.07. The summed E-state index contributed by atoms with van der Waals surface area (Å²) >= 11 is 0. The summed E-state index contributed by atoms with van der Waals surface area (Å²) in [5.74, 6) is 0.0309. The number of unbranched alkanes of at least 4 members (excludes halogenated alkanes) is 12. The molecule has 1 rings (SSSR count). The largest absolute Gasteiger partial charge is 0.427 e. The van der Waals surface area contributed by atoms with E-state index in [2.05, 4.69) is 0 Å². The van der Waals surface area contributed by atoms with Crippen molar-refractivity contribution in [3.8, 4) is 5.75 Å². The minimum Gasteiger partial charge on any atom is -0.427 e. The van der Waals surface area contributed by atoms with Gasteiger partial charge in [-0.05, 0) is 25.0 Å². The molecule has 0 aromatic heterocycles. The number of nitro groups is 1. The average molecular weight is 472 g/mol. The number of carbonyl (C=O) groups is 1. The van der Waals surface area contributed by atoms with Crippen LogP contribution in [0.4, 0.5) is 5.69 Å². The fourth-order valence-corrected chi connectivity index (χ4v) is 3.77. The number of carbonyl (C=O) groups excluding carboxylic acids is 1. The van der Waals surface area contributed by atoms with Crippen molar-refractivity contribution in [2.45, 2.75) is 89.9 Å². The average Bonchev–Trinajstić information content (AvgIpc) is 2.73. The van der Waals surface area contributed by atoms with Gasteiger partial charge in [-0.1, -0.05) is 70.6 Å². The van der Waals surface area contributed by atoms with Crippen molar-refractivity contribution < 1.29 is 27.1 Å². The third kappa shape index (κ3) is 15.8. The first kappa shape index (κ1) is 28.0. The lowest BCUT2D eigenvalue weighted by molar-refractivity contribution is -0.384. The first-order chi connectivity index (χ1) is 15.3. The Hall–Kier alpha value is -2.00. The summed E-state index contributed by atoms with van der Waals surface area (Å²) in [5, 5.41) is 10.6. The number of esters is 1. The van der Waals surface area contributed by atoms with E-state index in [1.54, 1.807) is 0 Å². The van der Waals surface area contributed by atoms with Crippen molar-refractivity contribution in [1.29, 1.82) is 0 Å². The Morgan fingerprint density at radius 2 is 1.25 bits per heavy atom. The molecule has 0 saturated heterocycles. The summed E-state index contributed by atoms with van der Waals surface area (Å²) in [6.45, 7) is 0.291. The highest BCUT2D eigenvalue weighted by Gasteiger charge is 2.08. The molecule has 0 spiro atoms. The highest BCUT2D eigenvalue weighted by molar-refractivity contribution is 7.85. The maximum atomic E-state index is 11.8. The number of ether oxygens (including phenoxy) is 1. The van der Waals surface area contributed by atoms with Crippen LogP contribution < -0.4 is 4.74 Å². The smallest absolute Gasteiger partial charge is 0.311 e. The molecule has 0 amide bonds. The molecule has 32 heavy (non-hydrogen) atoms. The lowest BCUT2D eigenvalue weighted by Gasteiger charge is -2.05. The van der Waals surface area contributed by atoms with Crippen molar-refractivity contribution in [2.24, 2.45) is 0 Å². The Morgan fingerprint density at radius 3 is 1.69 bits per heavy atom. The van der Waals surface area contributed by atoms with Crippen molar-refractivity contribution in [3.05, 3.63) is 34.4 Å². The van der Waals surface area contributed by atoms with Crippen molar-refractivity contribution in [2.75, 3.05) is 12.9 Å². The Kier molecular flexibility index (Phi) is 14.5. The molecule has 9 heteroatoms. The molecule has 0 aliphatic carbocycles. The van der Waals surface area contributed by atoms with Crippen LogP contribution in [0.2, 0.25) is 0 Å². The summed E-state index contributed by atoms with van der Waals surface area (Å²) in [5.41, 5.74) is -0.0284. The standard InChI is InChI=1S/C23H37NO7S/c1-32(28,29)30-20-14-12-10-8-6-4-2-3-5-7-9-11-13-15-23(25)31-22-18-16-21(17-19-22)24(26)27/h16-19H,2-15,20H2,1H3. The molecular formula is C23H37NO7S. The van der Waals surface area contributed by atoms with Gasteiger partial charge in [-0.15, -0.1) is 0 Å². The molecule has 1 aromatic carbocycles. The second kappa shape index (κ2) is 16.6. The van der Waals surface area contributed by atoms with E-state index >= 15 is 0 Å². The van der Waals surface area contributed by atoms with E-state index < -0.39 is 15.0 Å². The number of rotatable bonds is 19. The number of nitro benzene ring substituents is 1. The fraction of sp³-hybridized carbons (Fsp3) is 0.696. The predicted octanol–water partition coefficient (Wildman–Crippen LogP) is 5.94. The van der Waals surface area contributed by atoms with E-state index in [0.29, 0.717) is 18.8 Å². The molecule has 0 atom stereocenters. The van der Waals surface area contributed by atoms with Gasteiger partial charge in [0.15, 0.2) is 0 Å². The Morgan fingerprint density at radius 1 is 0.812 bits per heavy atom. The molecule has 182 valence electrons. The van der Waals surface area contributed by atoms with E-state index in [1.807, 2.05) is 0 Å². The summed E-state index contributed by atoms with van der Waals surface area (Å²) < 4.78 is 31.5. The monoisotopic (exact) mass is 471 g/mol. The second-order valence-electron chi connectivity index (χ2n) is 8.10. The Balaban J connectivity index is 1.86. The lowest BCUT2D eigenvalue weighted by atomic mass is 10.0. The molecule has 0 radical (unpaired) electrons. The topological polar surface area (TPSA) is 113 Å². The first-order valence-corrected chi connectivity index (χ1v) is 13.4. The van der Waals surface area contributed by atoms with Crippen molar-refractivity contribution in [3.63, 3.8) is 0 Å². The summed E-state index contributed by atoms with van der Waals surface area (Å²) in [7, 11) is -3.30. The van der Waals surface area contributed by atoms with Crippen LogP contribution in [0.3, 0.4) is 0 Å². The first-order valence-electron chi connectivity index (χ1n) is 11.6. The maximum absolute atomic E-state index is 11.8. The van der Waals surface area contributed by atoms with Gasteiger partial charge in [0.1, 0.15) is 5.75 Å². The van der Waals surface area contributed by atoms with Crippen LogP contribution in [0.5, 0.6) is 5.75 Å². The van der Waals surface area contributed by atoms with Crippen LogP contribution >= 0.6 is 0 Å². The Labute approximate surface area is 192 Å². The molecular weight excluding hydrogens is 434 g/mol. The summed E-state index contributed by atoms with van der Waals surface area (Å²) in [6, 6.07) is 5.52. The SMILES string of the molecule is CS(=O)(=O)OCCCCCCCCCCCCCCCC(=O)Oc1ccc([N+](=O)[O-])cc1. The van der Waals surface area contributed by atoms with Gasteiger partial charge >= 0.3 is 5.97 Å². The van der Waals surface area contributed by atoms with E-state index in [-0.39, 0.29) is 11.7 Å². The third-order valence-corrected chi connectivity index (χ3v) is 5.70. The molecule has 0 fully saturated rings. The zero-order chi connectivity index (χ0) is 23.7. The second-order valence-corrected chi connectivity index (χ2v) is 9.74. The molecule has 0 aliphatic heterocycles. The van der Waals surface area contributed by atoms with Crippen LogP contribution in [-0.2, 0) is 19.1 Å². The molecule has 1 aromatic rings. The maximum Gasteiger partial charge on any atom is 0.311 e. The number of nitrogens with zero attached hydrogens (tertiary/aromatic N) is 1. The molecule has 8 nitrogen and oxygen atoms in total. The van der Waals surface area contributed by atoms with E-state index in [0.717, 1.165) is 44.8 Å². The fourth-order valence-electron chi connectivity index (χ4n) is 3.34. The zero-order valence-electron chi connectivity index (χ0n) is 19.1. The van der Waals surface area contributed by atoms with Gasteiger partial charge in [0.25, 0.3) is 15.8 Å². The summed E-state index contributed by atoms with van der Waals surface area (Å²) in [6.07, 6.45) is 15.8. The van der Waals surface area contributed by atoms with E-state index in [1.165, 1.54) is 69.2 Å². The van der Waals surface area contributed by atoms with Gasteiger partial charge in [-0.25, -0.2) is 0 Å². The van der Waals surface area contributed by atoms with Crippen LogP contribution in [-0.4, -0.2) is 32.2 Å². The number of benzene rings is 1. The molecule has 0 bridgehead atoms. The van der Waals surface area contributed by atoms with E-state index in [9.17, 15) is 23.3 Å². The van der Waals surface area contributed by atoms with Gasteiger partial charge in [0.2, 0.25) is 0 Å². The highest BCUT2D eigenvalue weighted by atomic mass is 32.2. The third-order valence-electron chi connectivity index (χ3n) is 5.10. The van der Waals surface area contributed by atoms with Crippen molar-refractivity contribution in [1.82, 2.24) is 0 Å². The van der Waals surface area contributed by atoms with Crippen LogP contribution in [0.25, 0.3) is 0 Å². The Bertz CT molecular complexity index is 763. The predicted molar refractivity (Wildman–Crippen MR) is 124 cm³/mol. The number of hydrogen-bond acceptors (Lipinski definition) is 7. The van der Waals surface area contributed by atoms with Gasteiger partial charge in [0.05, 0.1) is 17.8 Å². The van der Waals surface area contributed by atoms with Crippen LogP contribution in [0.1, 0.15) is 89.9 Å². The van der Waals surface area contributed by atoms with Crippen LogP contribution in [0, 0.1) is 10.1 Å². The van der Waals surface area contributed by atoms with Gasteiger partial charge < -0.3 is 4.74 Å². The highest BCUT2D eigenvalue weighted by Crippen LogP contribution is 2.18. The number of non-ortho nitro benzene ring substituents is 1. The molecule has 0 unspecified atom stereocenters. The van der Waals surface area contributed by atoms with Gasteiger partial charge in [-0.3, -0.25) is 19.1 Å². The normalized spacial score (nSPS) is 11.4. The minimum atomic E-state index is -3.30. The summed E-state index contributed by atoms with van der Waals surface area (Å²) in [4.78, 5) is 21.9. The molecule has 0 saturated carbocycles. The van der Waals surface area contributed by atoms with E-state index in [4.69, 9.17) is 8.92 Å². The van der Waals surface area contributed by atoms with Crippen molar-refractivity contribution >= 4 is 21.8 Å². The molecule has 0 heterocycles. The van der Waals surface area contributed by atoms with Gasteiger partial charge in [0, 0.05) is 18.6 Å². The van der Waals surface area contributed by atoms with Gasteiger partial charge in [-0.2, -0.15) is 8.42 Å².